The number of ether oxygens (including phenoxy) is 1. The van der Waals surface area contributed by atoms with Gasteiger partial charge in [0.25, 0.3) is 5.56 Å². The Bertz CT molecular complexity index is 1090. The molecule has 0 bridgehead atoms. The van der Waals surface area contributed by atoms with Crippen LogP contribution in [-0.4, -0.2) is 22.2 Å². The number of amides is 1. The molecule has 1 heterocycles. The summed E-state index contributed by atoms with van der Waals surface area (Å²) < 4.78 is 7.59. The number of nitrogens with one attached hydrogen (secondary N) is 1. The summed E-state index contributed by atoms with van der Waals surface area (Å²) in [5.74, 6) is 0.320. The lowest BCUT2D eigenvalue weighted by molar-refractivity contribution is -0.116. The molecule has 7 nitrogen and oxygen atoms in total. The lowest BCUT2D eigenvalue weighted by Gasteiger charge is -2.16. The van der Waals surface area contributed by atoms with Gasteiger partial charge in [-0.3, -0.25) is 18.7 Å². The zero-order valence-corrected chi connectivity index (χ0v) is 15.4. The molecule has 1 aromatic heterocycles. The molecule has 1 amide bonds. The minimum atomic E-state index is -0.501. The van der Waals surface area contributed by atoms with Crippen molar-refractivity contribution >= 4 is 22.5 Å². The topological polar surface area (TPSA) is 82.3 Å². The zero-order valence-electron chi connectivity index (χ0n) is 15.4. The molecule has 140 valence electrons. The third-order valence-electron chi connectivity index (χ3n) is 4.27. The number of hydrogen-bond donors (Lipinski definition) is 1. The highest BCUT2D eigenvalue weighted by molar-refractivity contribution is 5.91. The summed E-state index contributed by atoms with van der Waals surface area (Å²) in [6, 6.07) is 13.4. The van der Waals surface area contributed by atoms with Crippen LogP contribution in [0.4, 0.5) is 5.69 Å². The van der Waals surface area contributed by atoms with Gasteiger partial charge in [-0.25, -0.2) is 4.79 Å². The van der Waals surface area contributed by atoms with E-state index in [0.717, 1.165) is 0 Å². The van der Waals surface area contributed by atoms with Gasteiger partial charge < -0.3 is 10.1 Å². The van der Waals surface area contributed by atoms with Crippen molar-refractivity contribution in [1.82, 2.24) is 9.13 Å². The molecule has 2 aromatic carbocycles. The van der Waals surface area contributed by atoms with Crippen molar-refractivity contribution in [3.05, 3.63) is 69.4 Å². The van der Waals surface area contributed by atoms with E-state index in [1.807, 2.05) is 0 Å². The third kappa shape index (κ3) is 3.62. The Morgan fingerprint density at radius 3 is 2.37 bits per heavy atom. The van der Waals surface area contributed by atoms with E-state index in [1.165, 1.54) is 9.13 Å². The van der Waals surface area contributed by atoms with Crippen LogP contribution in [0.25, 0.3) is 10.9 Å². The van der Waals surface area contributed by atoms with Gasteiger partial charge in [-0.15, -0.1) is 0 Å². The number of fused-ring (bicyclic) bond motifs is 1. The summed E-state index contributed by atoms with van der Waals surface area (Å²) in [4.78, 5) is 38.0. The second-order valence-corrected chi connectivity index (χ2v) is 6.43. The molecule has 0 fully saturated rings. The number of nitrogens with zero attached hydrogens (tertiary/aromatic N) is 2. The summed E-state index contributed by atoms with van der Waals surface area (Å²) >= 11 is 0. The standard InChI is InChI=1S/C20H21N3O4/c1-13(2)23-19(25)16-6-4-5-7-17(16)22(20(23)26)12-18(24)21-14-8-10-15(27-3)11-9-14/h4-11,13H,12H2,1-3H3,(H,21,24). The fraction of sp³-hybridized carbons (Fsp3) is 0.250. The number of carbonyl (C=O) groups is 1. The second-order valence-electron chi connectivity index (χ2n) is 6.43. The van der Waals surface area contributed by atoms with Crippen LogP contribution in [-0.2, 0) is 11.3 Å². The number of anilines is 1. The summed E-state index contributed by atoms with van der Waals surface area (Å²) in [6.07, 6.45) is 0. The average Bonchev–Trinajstić information content (AvgIpc) is 2.65. The fourth-order valence-corrected chi connectivity index (χ4v) is 2.97. The molecule has 0 atom stereocenters. The molecule has 0 saturated heterocycles. The number of aromatic nitrogens is 2. The second kappa shape index (κ2) is 7.49. The van der Waals surface area contributed by atoms with Crippen LogP contribution in [0.5, 0.6) is 5.75 Å². The molecule has 0 aliphatic heterocycles. The first kappa shape index (κ1) is 18.4. The van der Waals surface area contributed by atoms with E-state index in [0.29, 0.717) is 22.3 Å². The maximum absolute atomic E-state index is 12.8. The molecule has 27 heavy (non-hydrogen) atoms. The van der Waals surface area contributed by atoms with E-state index in [2.05, 4.69) is 5.32 Å². The van der Waals surface area contributed by atoms with Crippen LogP contribution >= 0.6 is 0 Å². The summed E-state index contributed by atoms with van der Waals surface area (Å²) in [7, 11) is 1.56. The molecule has 0 aliphatic carbocycles. The largest absolute Gasteiger partial charge is 0.497 e. The first-order valence-corrected chi connectivity index (χ1v) is 8.60. The van der Waals surface area contributed by atoms with Gasteiger partial charge >= 0.3 is 5.69 Å². The summed E-state index contributed by atoms with van der Waals surface area (Å²) in [5.41, 5.74) is 0.181. The molecular formula is C20H21N3O4. The van der Waals surface area contributed by atoms with Crippen LogP contribution in [0, 0.1) is 0 Å². The van der Waals surface area contributed by atoms with Crippen molar-refractivity contribution in [2.75, 3.05) is 12.4 Å². The van der Waals surface area contributed by atoms with Gasteiger partial charge in [0.1, 0.15) is 12.3 Å². The molecule has 0 spiro atoms. The first-order valence-electron chi connectivity index (χ1n) is 8.60. The Balaban J connectivity index is 1.99. The third-order valence-corrected chi connectivity index (χ3v) is 4.27. The van der Waals surface area contributed by atoms with E-state index >= 15 is 0 Å². The number of rotatable bonds is 5. The van der Waals surface area contributed by atoms with Gasteiger partial charge in [0, 0.05) is 11.7 Å². The maximum Gasteiger partial charge on any atom is 0.332 e. The summed E-state index contributed by atoms with van der Waals surface area (Å²) in [6.45, 7) is 3.33. The molecular weight excluding hydrogens is 346 g/mol. The number of para-hydroxylation sites is 1. The SMILES string of the molecule is COc1ccc(NC(=O)Cn2c(=O)n(C(C)C)c(=O)c3ccccc32)cc1. The lowest BCUT2D eigenvalue weighted by atomic mass is 10.2. The van der Waals surface area contributed by atoms with Crippen molar-refractivity contribution in [3.8, 4) is 5.75 Å². The Labute approximate surface area is 155 Å². The number of carbonyl (C=O) groups excluding carboxylic acids is 1. The van der Waals surface area contributed by atoms with E-state index in [9.17, 15) is 14.4 Å². The molecule has 1 N–H and O–H groups in total. The number of benzene rings is 2. The molecule has 3 aromatic rings. The van der Waals surface area contributed by atoms with E-state index in [4.69, 9.17) is 4.74 Å². The first-order chi connectivity index (χ1) is 12.9. The Hall–Kier alpha value is -3.35. The molecule has 0 unspecified atom stereocenters. The number of methoxy groups -OCH3 is 1. The quantitative estimate of drug-likeness (QED) is 0.751. The fourth-order valence-electron chi connectivity index (χ4n) is 2.97. The highest BCUT2D eigenvalue weighted by atomic mass is 16.5. The van der Waals surface area contributed by atoms with Crippen molar-refractivity contribution in [2.45, 2.75) is 26.4 Å². The van der Waals surface area contributed by atoms with E-state index < -0.39 is 5.69 Å². The minimum absolute atomic E-state index is 0.196. The van der Waals surface area contributed by atoms with Gasteiger partial charge in [-0.1, -0.05) is 12.1 Å². The van der Waals surface area contributed by atoms with Crippen molar-refractivity contribution in [3.63, 3.8) is 0 Å². The molecule has 3 rings (SSSR count). The van der Waals surface area contributed by atoms with Crippen molar-refractivity contribution < 1.29 is 9.53 Å². The normalized spacial score (nSPS) is 11.0. The van der Waals surface area contributed by atoms with Gasteiger partial charge in [0.15, 0.2) is 0 Å². The molecule has 0 saturated carbocycles. The highest BCUT2D eigenvalue weighted by Crippen LogP contribution is 2.15. The molecule has 7 heteroatoms. The average molecular weight is 367 g/mol. The lowest BCUT2D eigenvalue weighted by Crippen LogP contribution is -2.42. The van der Waals surface area contributed by atoms with E-state index in [1.54, 1.807) is 69.5 Å². The number of hydrogen-bond acceptors (Lipinski definition) is 4. The Morgan fingerprint density at radius 2 is 1.74 bits per heavy atom. The van der Waals surface area contributed by atoms with Crippen LogP contribution < -0.4 is 21.3 Å². The van der Waals surface area contributed by atoms with Crippen LogP contribution in [0.2, 0.25) is 0 Å². The smallest absolute Gasteiger partial charge is 0.332 e. The van der Waals surface area contributed by atoms with E-state index in [-0.39, 0.29) is 24.1 Å². The zero-order chi connectivity index (χ0) is 19.6. The van der Waals surface area contributed by atoms with Crippen LogP contribution in [0.3, 0.4) is 0 Å². The van der Waals surface area contributed by atoms with Crippen LogP contribution in [0.1, 0.15) is 19.9 Å². The maximum atomic E-state index is 12.8. The van der Waals surface area contributed by atoms with Crippen molar-refractivity contribution in [2.24, 2.45) is 0 Å². The highest BCUT2D eigenvalue weighted by Gasteiger charge is 2.16. The molecule has 0 radical (unpaired) electrons. The Morgan fingerprint density at radius 1 is 1.07 bits per heavy atom. The predicted octanol–water partition coefficient (Wildman–Crippen LogP) is 2.39. The van der Waals surface area contributed by atoms with Gasteiger partial charge in [-0.2, -0.15) is 0 Å². The Kier molecular flexibility index (Phi) is 5.12. The van der Waals surface area contributed by atoms with Crippen LogP contribution in [0.15, 0.2) is 58.1 Å². The predicted molar refractivity (Wildman–Crippen MR) is 104 cm³/mol. The molecule has 0 aliphatic rings. The minimum Gasteiger partial charge on any atom is -0.497 e. The van der Waals surface area contributed by atoms with Gasteiger partial charge in [0.2, 0.25) is 5.91 Å². The van der Waals surface area contributed by atoms with Crippen molar-refractivity contribution in [1.29, 1.82) is 0 Å². The van der Waals surface area contributed by atoms with Gasteiger partial charge in [0.05, 0.1) is 18.0 Å². The monoisotopic (exact) mass is 367 g/mol. The van der Waals surface area contributed by atoms with Gasteiger partial charge in [-0.05, 0) is 50.2 Å². The summed E-state index contributed by atoms with van der Waals surface area (Å²) in [5, 5.41) is 3.16.